The van der Waals surface area contributed by atoms with E-state index >= 15 is 0 Å². The van der Waals surface area contributed by atoms with Crippen LogP contribution < -0.4 is 5.73 Å². The Bertz CT molecular complexity index is 2000. The van der Waals surface area contributed by atoms with Crippen LogP contribution in [0.2, 0.25) is 0 Å². The van der Waals surface area contributed by atoms with E-state index < -0.39 is 48.6 Å². The number of nitriles is 1. The molecule has 12 nitrogen and oxygen atoms in total. The van der Waals surface area contributed by atoms with Crippen molar-refractivity contribution in [2.75, 3.05) is 12.3 Å². The summed E-state index contributed by atoms with van der Waals surface area (Å²) in [6.07, 6.45) is -2.58. The maximum atomic E-state index is 13.7. The summed E-state index contributed by atoms with van der Waals surface area (Å²) in [6.45, 7) is 1.14. The molecule has 13 heteroatoms. The summed E-state index contributed by atoms with van der Waals surface area (Å²) >= 11 is 3.49. The first-order valence-electron chi connectivity index (χ1n) is 14.3. The molecule has 1 fully saturated rings. The third kappa shape index (κ3) is 5.92. The van der Waals surface area contributed by atoms with Crippen LogP contribution in [-0.4, -0.2) is 56.9 Å². The topological polar surface area (TPSA) is 169 Å². The summed E-state index contributed by atoms with van der Waals surface area (Å²) in [5, 5.41) is 10.3. The van der Waals surface area contributed by atoms with Crippen LogP contribution in [0.4, 0.5) is 5.82 Å². The van der Waals surface area contributed by atoms with E-state index in [9.17, 15) is 19.6 Å². The number of esters is 3. The van der Waals surface area contributed by atoms with Gasteiger partial charge in [-0.2, -0.15) is 5.26 Å². The van der Waals surface area contributed by atoms with Crippen molar-refractivity contribution in [3.63, 3.8) is 0 Å². The van der Waals surface area contributed by atoms with Gasteiger partial charge in [-0.1, -0.05) is 54.6 Å². The second-order valence-electron chi connectivity index (χ2n) is 10.7. The molecule has 4 atom stereocenters. The van der Waals surface area contributed by atoms with Gasteiger partial charge in [-0.25, -0.2) is 24.4 Å². The van der Waals surface area contributed by atoms with Crippen molar-refractivity contribution < 1.29 is 33.3 Å². The number of carbonyl (C=O) groups is 3. The maximum absolute atomic E-state index is 13.7. The van der Waals surface area contributed by atoms with E-state index in [0.29, 0.717) is 5.56 Å². The van der Waals surface area contributed by atoms with Gasteiger partial charge in [-0.15, -0.1) is 0 Å². The Morgan fingerprint density at radius 2 is 1.47 bits per heavy atom. The third-order valence-electron chi connectivity index (χ3n) is 7.75. The number of ether oxygens (including phenoxy) is 4. The number of nitrogen functional groups attached to an aromatic ring is 1. The lowest BCUT2D eigenvalue weighted by Crippen LogP contribution is -2.50. The highest BCUT2D eigenvalue weighted by molar-refractivity contribution is 9.10. The van der Waals surface area contributed by atoms with E-state index in [1.165, 1.54) is 17.8 Å². The highest BCUT2D eigenvalue weighted by atomic mass is 79.9. The molecule has 0 radical (unpaired) electrons. The van der Waals surface area contributed by atoms with E-state index in [0.717, 1.165) is 0 Å². The second-order valence-corrected chi connectivity index (χ2v) is 11.5. The molecule has 2 N–H and O–H groups in total. The van der Waals surface area contributed by atoms with Gasteiger partial charge in [-0.05, 0) is 59.3 Å². The van der Waals surface area contributed by atoms with Gasteiger partial charge >= 0.3 is 17.9 Å². The molecule has 0 aliphatic carbocycles. The van der Waals surface area contributed by atoms with Crippen molar-refractivity contribution in [2.45, 2.75) is 31.0 Å². The van der Waals surface area contributed by atoms with Crippen LogP contribution in [0, 0.1) is 11.3 Å². The Morgan fingerprint density at radius 3 is 2.04 bits per heavy atom. The summed E-state index contributed by atoms with van der Waals surface area (Å²) in [5.74, 6) is -2.09. The lowest BCUT2D eigenvalue weighted by Gasteiger charge is -2.35. The Balaban J connectivity index is 1.48. The molecule has 3 aromatic carbocycles. The van der Waals surface area contributed by atoms with Gasteiger partial charge in [0.05, 0.1) is 27.6 Å². The molecule has 2 aromatic heterocycles. The van der Waals surface area contributed by atoms with E-state index in [1.807, 2.05) is 0 Å². The van der Waals surface area contributed by atoms with Crippen LogP contribution in [0.1, 0.15) is 49.8 Å². The number of nitrogens with two attached hydrogens (primary N) is 1. The lowest BCUT2D eigenvalue weighted by atomic mass is 9.95. The first-order valence-corrected chi connectivity index (χ1v) is 15.1. The number of halogens is 1. The molecule has 1 aliphatic rings. The minimum absolute atomic E-state index is 0.0346. The van der Waals surface area contributed by atoms with Gasteiger partial charge in [0.15, 0.2) is 17.9 Å². The molecule has 6 rings (SSSR count). The van der Waals surface area contributed by atoms with Gasteiger partial charge in [0.25, 0.3) is 0 Å². The van der Waals surface area contributed by atoms with Crippen molar-refractivity contribution >= 4 is 50.7 Å². The fourth-order valence-corrected chi connectivity index (χ4v) is 6.12. The zero-order valence-corrected chi connectivity index (χ0v) is 26.4. The molecular weight excluding hydrogens is 670 g/mol. The Hall–Kier alpha value is -5.58. The largest absolute Gasteiger partial charge is 0.459 e. The second kappa shape index (κ2) is 13.0. The number of carbonyl (C=O) groups excluding carboxylic acids is 3. The van der Waals surface area contributed by atoms with Crippen LogP contribution in [0.25, 0.3) is 11.0 Å². The molecule has 5 aromatic rings. The predicted molar refractivity (Wildman–Crippen MR) is 171 cm³/mol. The van der Waals surface area contributed by atoms with Gasteiger partial charge in [-0.3, -0.25) is 4.57 Å². The summed E-state index contributed by atoms with van der Waals surface area (Å²) in [4.78, 5) is 48.6. The molecule has 1 aliphatic heterocycles. The fourth-order valence-electron chi connectivity index (χ4n) is 5.48. The van der Waals surface area contributed by atoms with Crippen LogP contribution in [0.15, 0.2) is 102 Å². The summed E-state index contributed by atoms with van der Waals surface area (Å²) in [7, 11) is 0. The normalized spacial score (nSPS) is 20.3. The Morgan fingerprint density at radius 1 is 0.915 bits per heavy atom. The molecule has 236 valence electrons. The highest BCUT2D eigenvalue weighted by Gasteiger charge is 2.61. The molecule has 0 unspecified atom stereocenters. The number of hydrogen-bond acceptors (Lipinski definition) is 11. The third-order valence-corrected chi connectivity index (χ3v) is 8.53. The predicted octanol–water partition coefficient (Wildman–Crippen LogP) is 5.24. The minimum Gasteiger partial charge on any atom is -0.459 e. The van der Waals surface area contributed by atoms with Gasteiger partial charge in [0.2, 0.25) is 0 Å². The molecule has 3 heterocycles. The Kier molecular flexibility index (Phi) is 8.71. The monoisotopic (exact) mass is 695 g/mol. The van der Waals surface area contributed by atoms with Crippen molar-refractivity contribution in [3.8, 4) is 6.07 Å². The van der Waals surface area contributed by atoms with Crippen molar-refractivity contribution in [1.82, 2.24) is 14.5 Å². The van der Waals surface area contributed by atoms with E-state index in [-0.39, 0.29) is 38.1 Å². The Labute approximate surface area is 276 Å². The SMILES string of the molecule is C[C@@]1(OC(=O)c2ccccc2)[C@H](OC(=O)c2ccccc2)[C@@H](COC(=O)c2ccccc2)O[C@H]1n1c(Br)c(C#N)c2c(N)ncnc21. The van der Waals surface area contributed by atoms with E-state index in [4.69, 9.17) is 24.7 Å². The molecule has 0 bridgehead atoms. The lowest BCUT2D eigenvalue weighted by molar-refractivity contribution is -0.109. The smallest absolute Gasteiger partial charge is 0.338 e. The summed E-state index contributed by atoms with van der Waals surface area (Å²) in [6, 6.07) is 26.9. The van der Waals surface area contributed by atoms with Crippen LogP contribution in [0.5, 0.6) is 0 Å². The number of fused-ring (bicyclic) bond motifs is 1. The minimum atomic E-state index is -1.80. The number of rotatable bonds is 8. The van der Waals surface area contributed by atoms with Gasteiger partial charge in [0.1, 0.15) is 41.2 Å². The first kappa shape index (κ1) is 31.4. The first-order chi connectivity index (χ1) is 22.7. The van der Waals surface area contributed by atoms with E-state index in [1.54, 1.807) is 91.0 Å². The summed E-state index contributed by atoms with van der Waals surface area (Å²) < 4.78 is 26.1. The van der Waals surface area contributed by atoms with Gasteiger partial charge < -0.3 is 24.7 Å². The van der Waals surface area contributed by atoms with Crippen molar-refractivity contribution in [3.05, 3.63) is 124 Å². The highest BCUT2D eigenvalue weighted by Crippen LogP contribution is 2.48. The number of anilines is 1. The number of nitrogens with zero attached hydrogens (tertiary/aromatic N) is 4. The molecule has 47 heavy (non-hydrogen) atoms. The zero-order valence-electron chi connectivity index (χ0n) is 24.8. The fraction of sp³-hybridized carbons (Fsp3) is 0.176. The van der Waals surface area contributed by atoms with Crippen LogP contribution >= 0.6 is 15.9 Å². The molecule has 1 saturated heterocycles. The number of hydrogen-bond donors (Lipinski definition) is 1. The molecule has 0 saturated carbocycles. The van der Waals surface area contributed by atoms with Crippen LogP contribution in [0.3, 0.4) is 0 Å². The van der Waals surface area contributed by atoms with E-state index in [2.05, 4.69) is 32.0 Å². The average molecular weight is 697 g/mol. The standard InChI is InChI=1S/C34H26BrN5O7/c1-34(47-32(43)22-15-9-4-10-16-22)26(46-31(42)21-13-7-3-8-14-21)24(18-44-30(41)20-11-5-2-6-12-20)45-33(34)40-27(35)23(17-36)25-28(37)38-19-39-29(25)40/h2-16,19,24,26,33H,18H2,1H3,(H2,37,38,39)/t24-,26-,33-,34-/m1/s1. The number of benzene rings is 3. The summed E-state index contributed by atoms with van der Waals surface area (Å²) in [5.41, 5.74) is 5.40. The molecule has 0 amide bonds. The van der Waals surface area contributed by atoms with Gasteiger partial charge in [0, 0.05) is 0 Å². The molecule has 0 spiro atoms. The zero-order chi connectivity index (χ0) is 33.1. The quantitative estimate of drug-likeness (QED) is 0.166. The van der Waals surface area contributed by atoms with Crippen LogP contribution in [-0.2, 0) is 18.9 Å². The number of aromatic nitrogens is 3. The maximum Gasteiger partial charge on any atom is 0.338 e. The molecular formula is C34H26BrN5O7. The van der Waals surface area contributed by atoms with Crippen molar-refractivity contribution in [1.29, 1.82) is 5.26 Å². The average Bonchev–Trinajstić information content (AvgIpc) is 3.53. The van der Waals surface area contributed by atoms with Crippen molar-refractivity contribution in [2.24, 2.45) is 0 Å².